The summed E-state index contributed by atoms with van der Waals surface area (Å²) in [7, 11) is 5.08. The molecule has 156 valence electrons. The van der Waals surface area contributed by atoms with Crippen LogP contribution in [-0.4, -0.2) is 60.2 Å². The second-order valence-corrected chi connectivity index (χ2v) is 5.64. The standard InChI is InChI=1S/C19H33N3O4.HI/c1-5-10-26-17-8-7-16(14-18(17)24-4)15-22-19(20-2)21-9-6-11-25-13-12-23-3;/h7-8,14H,5-6,9-13,15H2,1-4H3,(H2,20,21,22);1H. The van der Waals surface area contributed by atoms with Gasteiger partial charge in [0, 0.05) is 33.9 Å². The first-order chi connectivity index (χ1) is 12.7. The predicted octanol–water partition coefficient (Wildman–Crippen LogP) is 2.82. The number of guanidine groups is 1. The van der Waals surface area contributed by atoms with E-state index in [0.717, 1.165) is 42.4 Å². The summed E-state index contributed by atoms with van der Waals surface area (Å²) in [5.41, 5.74) is 1.09. The van der Waals surface area contributed by atoms with Crippen molar-refractivity contribution in [1.29, 1.82) is 0 Å². The highest BCUT2D eigenvalue weighted by atomic mass is 127. The summed E-state index contributed by atoms with van der Waals surface area (Å²) in [4.78, 5) is 4.23. The van der Waals surface area contributed by atoms with E-state index in [0.29, 0.717) is 33.0 Å². The van der Waals surface area contributed by atoms with Crippen molar-refractivity contribution in [2.45, 2.75) is 26.3 Å². The Morgan fingerprint density at radius 2 is 1.85 bits per heavy atom. The highest BCUT2D eigenvalue weighted by Crippen LogP contribution is 2.28. The zero-order valence-corrected chi connectivity index (χ0v) is 19.2. The molecule has 0 spiro atoms. The van der Waals surface area contributed by atoms with E-state index < -0.39 is 0 Å². The molecule has 0 amide bonds. The van der Waals surface area contributed by atoms with Crippen LogP contribution in [0.2, 0.25) is 0 Å². The summed E-state index contributed by atoms with van der Waals surface area (Å²) in [6.07, 6.45) is 1.87. The van der Waals surface area contributed by atoms with E-state index in [9.17, 15) is 0 Å². The SMILES string of the molecule is CCCOc1ccc(CNC(=NC)NCCCOCCOC)cc1OC.I. The van der Waals surface area contributed by atoms with Crippen molar-refractivity contribution < 1.29 is 18.9 Å². The lowest BCUT2D eigenvalue weighted by Crippen LogP contribution is -2.37. The molecule has 2 N–H and O–H groups in total. The molecular weight excluding hydrogens is 461 g/mol. The molecule has 7 nitrogen and oxygen atoms in total. The number of nitrogens with one attached hydrogen (secondary N) is 2. The van der Waals surface area contributed by atoms with Gasteiger partial charge in [-0.25, -0.2) is 0 Å². The molecule has 0 aromatic heterocycles. The fourth-order valence-corrected chi connectivity index (χ4v) is 2.18. The number of aliphatic imine (C=N–C) groups is 1. The van der Waals surface area contributed by atoms with Gasteiger partial charge >= 0.3 is 0 Å². The van der Waals surface area contributed by atoms with Crippen molar-refractivity contribution in [2.24, 2.45) is 4.99 Å². The number of benzene rings is 1. The van der Waals surface area contributed by atoms with E-state index in [1.807, 2.05) is 18.2 Å². The Morgan fingerprint density at radius 1 is 1.04 bits per heavy atom. The van der Waals surface area contributed by atoms with Crippen molar-refractivity contribution in [3.8, 4) is 11.5 Å². The van der Waals surface area contributed by atoms with Crippen LogP contribution in [0.5, 0.6) is 11.5 Å². The van der Waals surface area contributed by atoms with Crippen molar-refractivity contribution >= 4 is 29.9 Å². The zero-order valence-electron chi connectivity index (χ0n) is 16.9. The fourth-order valence-electron chi connectivity index (χ4n) is 2.18. The molecule has 0 aliphatic carbocycles. The zero-order chi connectivity index (χ0) is 19.0. The summed E-state index contributed by atoms with van der Waals surface area (Å²) >= 11 is 0. The van der Waals surface area contributed by atoms with Crippen LogP contribution in [0, 0.1) is 0 Å². The molecule has 0 saturated heterocycles. The molecule has 0 aliphatic heterocycles. The number of halogens is 1. The normalized spacial score (nSPS) is 10.9. The van der Waals surface area contributed by atoms with Gasteiger partial charge in [0.25, 0.3) is 0 Å². The molecule has 27 heavy (non-hydrogen) atoms. The van der Waals surface area contributed by atoms with Gasteiger partial charge in [-0.1, -0.05) is 13.0 Å². The van der Waals surface area contributed by atoms with Crippen molar-refractivity contribution in [3.63, 3.8) is 0 Å². The summed E-state index contributed by atoms with van der Waals surface area (Å²) < 4.78 is 21.5. The minimum atomic E-state index is 0. The maximum atomic E-state index is 5.68. The average molecular weight is 495 g/mol. The quantitative estimate of drug-likeness (QED) is 0.190. The summed E-state index contributed by atoms with van der Waals surface area (Å²) in [5, 5.41) is 6.56. The third-order valence-corrected chi connectivity index (χ3v) is 3.56. The number of hydrogen-bond acceptors (Lipinski definition) is 5. The molecule has 1 aromatic carbocycles. The summed E-state index contributed by atoms with van der Waals surface area (Å²) in [6, 6.07) is 5.95. The van der Waals surface area contributed by atoms with Gasteiger partial charge in [-0.2, -0.15) is 0 Å². The molecule has 1 aromatic rings. The Balaban J connectivity index is 0.00000676. The number of rotatable bonds is 13. The van der Waals surface area contributed by atoms with E-state index in [1.165, 1.54) is 0 Å². The summed E-state index contributed by atoms with van der Waals surface area (Å²) in [6.45, 7) is 6.15. The second-order valence-electron chi connectivity index (χ2n) is 5.64. The first-order valence-electron chi connectivity index (χ1n) is 9.06. The van der Waals surface area contributed by atoms with Gasteiger partial charge in [-0.15, -0.1) is 24.0 Å². The fraction of sp³-hybridized carbons (Fsp3) is 0.632. The largest absolute Gasteiger partial charge is 0.493 e. The van der Waals surface area contributed by atoms with E-state index in [4.69, 9.17) is 18.9 Å². The van der Waals surface area contributed by atoms with Gasteiger partial charge in [0.1, 0.15) is 0 Å². The van der Waals surface area contributed by atoms with Crippen LogP contribution in [0.4, 0.5) is 0 Å². The average Bonchev–Trinajstić information content (AvgIpc) is 2.68. The van der Waals surface area contributed by atoms with Crippen molar-refractivity contribution in [1.82, 2.24) is 10.6 Å². The maximum absolute atomic E-state index is 5.68. The van der Waals surface area contributed by atoms with Crippen LogP contribution in [-0.2, 0) is 16.0 Å². The van der Waals surface area contributed by atoms with Gasteiger partial charge in [0.05, 0.1) is 26.9 Å². The number of hydrogen-bond donors (Lipinski definition) is 2. The van der Waals surface area contributed by atoms with Crippen LogP contribution in [0.25, 0.3) is 0 Å². The van der Waals surface area contributed by atoms with E-state index in [2.05, 4.69) is 22.5 Å². The Bertz CT molecular complexity index is 530. The second kappa shape index (κ2) is 16.9. The molecule has 0 saturated carbocycles. The highest BCUT2D eigenvalue weighted by molar-refractivity contribution is 14.0. The van der Waals surface area contributed by atoms with Gasteiger partial charge < -0.3 is 29.6 Å². The summed E-state index contributed by atoms with van der Waals surface area (Å²) in [5.74, 6) is 2.27. The van der Waals surface area contributed by atoms with Crippen LogP contribution in [0.3, 0.4) is 0 Å². The van der Waals surface area contributed by atoms with Crippen molar-refractivity contribution in [2.75, 3.05) is 54.2 Å². The van der Waals surface area contributed by atoms with Crippen LogP contribution >= 0.6 is 24.0 Å². The van der Waals surface area contributed by atoms with Crippen LogP contribution in [0.1, 0.15) is 25.3 Å². The van der Waals surface area contributed by atoms with Gasteiger partial charge in [-0.3, -0.25) is 4.99 Å². The molecule has 0 heterocycles. The number of methoxy groups -OCH3 is 2. The topological polar surface area (TPSA) is 73.3 Å². The molecule has 0 unspecified atom stereocenters. The lowest BCUT2D eigenvalue weighted by Gasteiger charge is -2.14. The monoisotopic (exact) mass is 495 g/mol. The minimum Gasteiger partial charge on any atom is -0.493 e. The van der Waals surface area contributed by atoms with Gasteiger partial charge in [0.2, 0.25) is 0 Å². The lowest BCUT2D eigenvalue weighted by molar-refractivity contribution is 0.0698. The van der Waals surface area contributed by atoms with Crippen LogP contribution in [0.15, 0.2) is 23.2 Å². The highest BCUT2D eigenvalue weighted by Gasteiger charge is 2.06. The van der Waals surface area contributed by atoms with E-state index in [1.54, 1.807) is 21.3 Å². The molecule has 0 bridgehead atoms. The maximum Gasteiger partial charge on any atom is 0.191 e. The third-order valence-electron chi connectivity index (χ3n) is 3.56. The van der Waals surface area contributed by atoms with E-state index in [-0.39, 0.29) is 24.0 Å². The van der Waals surface area contributed by atoms with Crippen molar-refractivity contribution in [3.05, 3.63) is 23.8 Å². The third kappa shape index (κ3) is 11.2. The Labute approximate surface area is 180 Å². The Hall–Kier alpha value is -1.26. The van der Waals surface area contributed by atoms with E-state index >= 15 is 0 Å². The smallest absolute Gasteiger partial charge is 0.191 e. The molecular formula is C19H34IN3O4. The number of nitrogens with zero attached hydrogens (tertiary/aromatic N) is 1. The molecule has 8 heteroatoms. The first-order valence-corrected chi connectivity index (χ1v) is 9.06. The molecule has 1 rings (SSSR count). The molecule has 0 atom stereocenters. The number of ether oxygens (including phenoxy) is 4. The molecule has 0 radical (unpaired) electrons. The van der Waals surface area contributed by atoms with Gasteiger partial charge in [-0.05, 0) is 30.5 Å². The minimum absolute atomic E-state index is 0. The van der Waals surface area contributed by atoms with Gasteiger partial charge in [0.15, 0.2) is 17.5 Å². The lowest BCUT2D eigenvalue weighted by atomic mass is 10.2. The van der Waals surface area contributed by atoms with Crippen LogP contribution < -0.4 is 20.1 Å². The molecule has 0 aliphatic rings. The first kappa shape index (κ1) is 25.7. The Morgan fingerprint density at radius 3 is 2.52 bits per heavy atom. The molecule has 0 fully saturated rings. The predicted molar refractivity (Wildman–Crippen MR) is 120 cm³/mol. The Kier molecular flexibility index (Phi) is 16.1.